The van der Waals surface area contributed by atoms with E-state index in [0.717, 1.165) is 12.0 Å². The van der Waals surface area contributed by atoms with E-state index in [0.29, 0.717) is 30.0 Å². The van der Waals surface area contributed by atoms with Crippen molar-refractivity contribution in [2.24, 2.45) is 0 Å². The third-order valence-corrected chi connectivity index (χ3v) is 13.5. The van der Waals surface area contributed by atoms with Crippen LogP contribution in [0.4, 0.5) is 5.82 Å². The van der Waals surface area contributed by atoms with Crippen LogP contribution in [0, 0.1) is 0 Å². The summed E-state index contributed by atoms with van der Waals surface area (Å²) in [5.74, 6) is -0.171. The molecule has 2 aromatic heterocycles. The van der Waals surface area contributed by atoms with Gasteiger partial charge in [0.25, 0.3) is 0 Å². The van der Waals surface area contributed by atoms with Gasteiger partial charge in [0.15, 0.2) is 37.3 Å². The molecule has 0 unspecified atom stereocenters. The Labute approximate surface area is 236 Å². The Bertz CT molecular complexity index is 1390. The second-order valence-corrected chi connectivity index (χ2v) is 18.0. The van der Waals surface area contributed by atoms with Crippen LogP contribution in [-0.2, 0) is 25.1 Å². The van der Waals surface area contributed by atoms with Gasteiger partial charge in [-0.15, -0.1) is 0 Å². The van der Waals surface area contributed by atoms with Gasteiger partial charge >= 0.3 is 0 Å². The van der Waals surface area contributed by atoms with Gasteiger partial charge in [-0.3, -0.25) is 4.57 Å². The minimum Gasteiger partial charge on any atom is -0.414 e. The molecular weight excluding hydrogens is 526 g/mol. The number of aryl methyl sites for hydroxylation is 1. The van der Waals surface area contributed by atoms with E-state index < -0.39 is 26.4 Å². The van der Waals surface area contributed by atoms with Crippen molar-refractivity contribution in [1.29, 1.82) is 0 Å². The Kier molecular flexibility index (Phi) is 6.83. The number of fused-ring (bicyclic) bond motifs is 3. The van der Waals surface area contributed by atoms with Gasteiger partial charge in [-0.1, -0.05) is 45.0 Å². The fourth-order valence-electron chi connectivity index (χ4n) is 5.73. The van der Waals surface area contributed by atoms with Crippen LogP contribution in [0.15, 0.2) is 36.9 Å². The fraction of sp³-hybridized carbons (Fsp3) is 0.621. The number of aromatic nitrogens is 4. The van der Waals surface area contributed by atoms with Gasteiger partial charge < -0.3 is 29.1 Å². The van der Waals surface area contributed by atoms with Crippen molar-refractivity contribution in [3.05, 3.63) is 48.0 Å². The number of nitrogens with zero attached hydrogens (tertiary/aromatic N) is 4. The number of hydrogen-bond acceptors (Lipinski definition) is 9. The number of hydrogen-bond donors (Lipinski definition) is 2. The highest BCUT2D eigenvalue weighted by Gasteiger charge is 2.56. The van der Waals surface area contributed by atoms with Crippen LogP contribution in [0.25, 0.3) is 11.2 Å². The highest BCUT2D eigenvalue weighted by atomic mass is 28.4. The lowest BCUT2D eigenvalue weighted by molar-refractivity contribution is -0.199. The van der Waals surface area contributed by atoms with E-state index >= 15 is 0 Å². The van der Waals surface area contributed by atoms with Crippen LogP contribution in [-0.4, -0.2) is 69.8 Å². The lowest BCUT2D eigenvalue weighted by atomic mass is 9.85. The Morgan fingerprint density at radius 3 is 2.65 bits per heavy atom. The predicted octanol–water partition coefficient (Wildman–Crippen LogP) is 4.73. The van der Waals surface area contributed by atoms with Gasteiger partial charge in [0.1, 0.15) is 24.6 Å². The molecule has 4 heterocycles. The molecule has 6 atom stereocenters. The van der Waals surface area contributed by atoms with Crippen molar-refractivity contribution in [1.82, 2.24) is 19.5 Å². The molecule has 40 heavy (non-hydrogen) atoms. The van der Waals surface area contributed by atoms with E-state index in [1.807, 2.05) is 30.5 Å². The van der Waals surface area contributed by atoms with Crippen LogP contribution in [0.2, 0.25) is 18.1 Å². The second-order valence-electron chi connectivity index (χ2n) is 13.2. The zero-order valence-electron chi connectivity index (χ0n) is 24.4. The first-order valence-electron chi connectivity index (χ1n) is 14.2. The van der Waals surface area contributed by atoms with Crippen LogP contribution in [0.1, 0.15) is 64.4 Å². The van der Waals surface area contributed by atoms with Crippen molar-refractivity contribution >= 4 is 25.3 Å². The minimum absolute atomic E-state index is 0.0873. The first-order valence-corrected chi connectivity index (χ1v) is 17.1. The van der Waals surface area contributed by atoms with Crippen LogP contribution in [0.5, 0.6) is 0 Å². The normalized spacial score (nSPS) is 29.9. The highest BCUT2D eigenvalue weighted by Crippen LogP contribution is 2.45. The first-order chi connectivity index (χ1) is 18.8. The molecule has 6 rings (SSSR count). The molecule has 1 aromatic carbocycles. The molecule has 2 aliphatic heterocycles. The van der Waals surface area contributed by atoms with E-state index in [4.69, 9.17) is 23.6 Å². The van der Waals surface area contributed by atoms with Crippen LogP contribution < -0.4 is 5.32 Å². The molecule has 0 amide bonds. The summed E-state index contributed by atoms with van der Waals surface area (Å²) in [7, 11) is -1.99. The number of anilines is 1. The summed E-state index contributed by atoms with van der Waals surface area (Å²) in [6, 6.07) is 7.92. The molecule has 2 fully saturated rings. The molecule has 10 nitrogen and oxygen atoms in total. The fourth-order valence-corrected chi connectivity index (χ4v) is 6.75. The molecule has 216 valence electrons. The van der Waals surface area contributed by atoms with Gasteiger partial charge in [-0.25, -0.2) is 15.0 Å². The Morgan fingerprint density at radius 2 is 1.88 bits per heavy atom. The van der Waals surface area contributed by atoms with Gasteiger partial charge in [-0.05, 0) is 55.9 Å². The van der Waals surface area contributed by atoms with Gasteiger partial charge in [0.2, 0.25) is 0 Å². The summed E-state index contributed by atoms with van der Waals surface area (Å²) in [4.78, 5) is 13.8. The number of imidazole rings is 1. The van der Waals surface area contributed by atoms with E-state index in [1.165, 1.54) is 11.9 Å². The maximum absolute atomic E-state index is 10.9. The average molecular weight is 568 g/mol. The summed E-state index contributed by atoms with van der Waals surface area (Å²) in [6.07, 6.45) is 2.83. The standard InChI is InChI=1S/C29H41N5O5Si/c1-28(2,3)40(6,7)36-14-20-23-24(39-29(4,5)38-23)27(37-20)34-16-32-22-25(30-15-31-26(22)34)33-21-18-11-9-8-10-17(18)12-13-19(21)35/h8-11,15-16,19-21,23-24,27,35H,12-14H2,1-7H3,(H,30,31,33)/t19-,20+,21+,23+,24+,27+/m0/s1. The lowest BCUT2D eigenvalue weighted by Crippen LogP contribution is -2.44. The second kappa shape index (κ2) is 9.85. The smallest absolute Gasteiger partial charge is 0.192 e. The zero-order chi connectivity index (χ0) is 28.4. The molecule has 0 spiro atoms. The Balaban J connectivity index is 1.29. The van der Waals surface area contributed by atoms with E-state index in [1.54, 1.807) is 6.33 Å². The Hall–Kier alpha value is -2.41. The molecule has 2 saturated heterocycles. The summed E-state index contributed by atoms with van der Waals surface area (Å²) in [5, 5.41) is 14.4. The molecule has 3 aromatic rings. The van der Waals surface area contributed by atoms with E-state index in [2.05, 4.69) is 61.3 Å². The number of nitrogens with one attached hydrogen (secondary N) is 1. The third-order valence-electron chi connectivity index (χ3n) is 8.95. The monoisotopic (exact) mass is 567 g/mol. The van der Waals surface area contributed by atoms with E-state index in [9.17, 15) is 5.11 Å². The maximum Gasteiger partial charge on any atom is 0.192 e. The number of aliphatic hydroxyl groups excluding tert-OH is 1. The molecular formula is C29H41N5O5Si. The molecule has 0 bridgehead atoms. The quantitative estimate of drug-likeness (QED) is 0.408. The zero-order valence-corrected chi connectivity index (χ0v) is 25.4. The minimum atomic E-state index is -1.99. The number of benzene rings is 1. The third kappa shape index (κ3) is 4.86. The molecule has 3 aliphatic rings. The summed E-state index contributed by atoms with van der Waals surface area (Å²) >= 11 is 0. The topological polar surface area (TPSA) is 113 Å². The van der Waals surface area contributed by atoms with Crippen LogP contribution >= 0.6 is 0 Å². The molecule has 2 N–H and O–H groups in total. The van der Waals surface area contributed by atoms with Crippen LogP contribution in [0.3, 0.4) is 0 Å². The summed E-state index contributed by atoms with van der Waals surface area (Å²) in [6.45, 7) is 15.5. The number of ether oxygens (including phenoxy) is 3. The molecule has 11 heteroatoms. The van der Waals surface area contributed by atoms with Crippen molar-refractivity contribution < 1.29 is 23.7 Å². The molecule has 1 aliphatic carbocycles. The number of aliphatic hydroxyl groups is 1. The highest BCUT2D eigenvalue weighted by molar-refractivity contribution is 6.74. The first kappa shape index (κ1) is 27.7. The molecule has 0 radical (unpaired) electrons. The maximum atomic E-state index is 10.9. The SMILES string of the molecule is CC1(C)O[C@@H]2[C@H](O1)[C@@H](CO[Si](C)(C)C(C)(C)C)O[C@H]2n1cnc2c(N[C@@H]3c4ccccc4CC[C@@H]3O)ncnc21. The summed E-state index contributed by atoms with van der Waals surface area (Å²) < 4.78 is 27.7. The van der Waals surface area contributed by atoms with Crippen molar-refractivity contribution in [2.75, 3.05) is 11.9 Å². The lowest BCUT2D eigenvalue weighted by Gasteiger charge is -2.37. The van der Waals surface area contributed by atoms with Gasteiger partial charge in [-0.2, -0.15) is 0 Å². The van der Waals surface area contributed by atoms with Crippen molar-refractivity contribution in [3.8, 4) is 0 Å². The average Bonchev–Trinajstić information content (AvgIpc) is 3.55. The van der Waals surface area contributed by atoms with E-state index in [-0.39, 0.29) is 29.4 Å². The van der Waals surface area contributed by atoms with Gasteiger partial charge in [0.05, 0.1) is 25.1 Å². The number of rotatable bonds is 6. The summed E-state index contributed by atoms with van der Waals surface area (Å²) in [5.41, 5.74) is 3.55. The van der Waals surface area contributed by atoms with Gasteiger partial charge in [0, 0.05) is 0 Å². The van der Waals surface area contributed by atoms with Crippen molar-refractivity contribution in [3.63, 3.8) is 0 Å². The predicted molar refractivity (Wildman–Crippen MR) is 153 cm³/mol. The van der Waals surface area contributed by atoms with Crippen molar-refractivity contribution in [2.45, 2.75) is 108 Å². The Morgan fingerprint density at radius 1 is 1.12 bits per heavy atom. The molecule has 0 saturated carbocycles. The largest absolute Gasteiger partial charge is 0.414 e.